The first-order valence-corrected chi connectivity index (χ1v) is 10.3. The SMILES string of the molecule is CC1=CC2C(CC[C@@]3(C)C2CC[C@@H]3C(=O)N(C)C)[C@@]2(C)CCC(=O)C=C12. The summed E-state index contributed by atoms with van der Waals surface area (Å²) in [5, 5.41) is 0. The normalized spacial score (nSPS) is 44.4. The monoisotopic (exact) mass is 355 g/mol. The van der Waals surface area contributed by atoms with Crippen molar-refractivity contribution < 1.29 is 9.59 Å². The van der Waals surface area contributed by atoms with Crippen molar-refractivity contribution in [1.82, 2.24) is 4.90 Å². The van der Waals surface area contributed by atoms with Crippen LogP contribution >= 0.6 is 0 Å². The Bertz CT molecular complexity index is 718. The highest BCUT2D eigenvalue weighted by Crippen LogP contribution is 2.66. The summed E-state index contributed by atoms with van der Waals surface area (Å²) in [5.74, 6) is 2.57. The highest BCUT2D eigenvalue weighted by atomic mass is 16.2. The van der Waals surface area contributed by atoms with E-state index in [2.05, 4.69) is 26.8 Å². The molecule has 2 fully saturated rings. The molecule has 0 N–H and O–H groups in total. The van der Waals surface area contributed by atoms with Gasteiger partial charge in [0, 0.05) is 26.4 Å². The molecule has 3 heteroatoms. The van der Waals surface area contributed by atoms with E-state index in [0.717, 1.165) is 19.3 Å². The Labute approximate surface area is 157 Å². The van der Waals surface area contributed by atoms with Gasteiger partial charge in [-0.25, -0.2) is 0 Å². The van der Waals surface area contributed by atoms with Crippen molar-refractivity contribution >= 4 is 11.7 Å². The van der Waals surface area contributed by atoms with Crippen molar-refractivity contribution in [2.45, 2.75) is 59.3 Å². The number of hydrogen-bond donors (Lipinski definition) is 0. The molecule has 0 saturated heterocycles. The molecule has 0 heterocycles. The fourth-order valence-corrected chi connectivity index (χ4v) is 7.13. The number of carbonyl (C=O) groups excluding carboxylic acids is 2. The molecule has 2 saturated carbocycles. The number of rotatable bonds is 1. The molecule has 0 bridgehead atoms. The van der Waals surface area contributed by atoms with E-state index < -0.39 is 0 Å². The zero-order valence-corrected chi connectivity index (χ0v) is 17.0. The number of carbonyl (C=O) groups is 2. The van der Waals surface area contributed by atoms with Crippen LogP contribution in [0.4, 0.5) is 0 Å². The molecule has 4 aliphatic carbocycles. The van der Waals surface area contributed by atoms with Crippen LogP contribution in [0.1, 0.15) is 59.3 Å². The summed E-state index contributed by atoms with van der Waals surface area (Å²) in [4.78, 5) is 26.6. The Morgan fingerprint density at radius 1 is 1.12 bits per heavy atom. The van der Waals surface area contributed by atoms with Crippen LogP contribution in [0.15, 0.2) is 23.3 Å². The van der Waals surface area contributed by atoms with Gasteiger partial charge in [-0.1, -0.05) is 25.5 Å². The topological polar surface area (TPSA) is 37.4 Å². The summed E-state index contributed by atoms with van der Waals surface area (Å²) in [5.41, 5.74) is 2.88. The third-order valence-corrected chi connectivity index (χ3v) is 8.57. The fraction of sp³-hybridized carbons (Fsp3) is 0.739. The average molecular weight is 356 g/mol. The van der Waals surface area contributed by atoms with Crippen LogP contribution in [0.25, 0.3) is 0 Å². The molecule has 0 aromatic heterocycles. The Balaban J connectivity index is 1.73. The second-order valence-corrected chi connectivity index (χ2v) is 9.99. The average Bonchev–Trinajstić information content (AvgIpc) is 2.93. The quantitative estimate of drug-likeness (QED) is 0.699. The maximum atomic E-state index is 12.8. The van der Waals surface area contributed by atoms with Crippen LogP contribution in [0.5, 0.6) is 0 Å². The molecule has 6 atom stereocenters. The maximum Gasteiger partial charge on any atom is 0.225 e. The van der Waals surface area contributed by atoms with E-state index >= 15 is 0 Å². The van der Waals surface area contributed by atoms with Gasteiger partial charge in [-0.05, 0) is 79.3 Å². The first-order valence-electron chi connectivity index (χ1n) is 10.3. The van der Waals surface area contributed by atoms with E-state index in [1.807, 2.05) is 20.2 Å². The van der Waals surface area contributed by atoms with E-state index in [9.17, 15) is 9.59 Å². The molecular formula is C23H33NO2. The Hall–Kier alpha value is -1.38. The summed E-state index contributed by atoms with van der Waals surface area (Å²) in [6, 6.07) is 0. The number of nitrogens with zero attached hydrogens (tertiary/aromatic N) is 1. The van der Waals surface area contributed by atoms with Crippen LogP contribution in [0.3, 0.4) is 0 Å². The van der Waals surface area contributed by atoms with Gasteiger partial charge in [0.25, 0.3) is 0 Å². The van der Waals surface area contributed by atoms with Gasteiger partial charge in [0.15, 0.2) is 5.78 Å². The summed E-state index contributed by atoms with van der Waals surface area (Å²) in [6.07, 6.45) is 10.6. The second kappa shape index (κ2) is 5.81. The first-order chi connectivity index (χ1) is 12.2. The predicted octanol–water partition coefficient (Wildman–Crippen LogP) is 4.39. The van der Waals surface area contributed by atoms with Crippen molar-refractivity contribution in [3.8, 4) is 0 Å². The molecule has 142 valence electrons. The van der Waals surface area contributed by atoms with Gasteiger partial charge in [0.05, 0.1) is 0 Å². The Morgan fingerprint density at radius 2 is 1.85 bits per heavy atom. The Kier molecular flexibility index (Phi) is 4.02. The third-order valence-electron chi connectivity index (χ3n) is 8.57. The van der Waals surface area contributed by atoms with Crippen LogP contribution in [-0.4, -0.2) is 30.7 Å². The number of allylic oxidation sites excluding steroid dienone is 4. The summed E-state index contributed by atoms with van der Waals surface area (Å²) in [7, 11) is 3.79. The van der Waals surface area contributed by atoms with Crippen LogP contribution in [-0.2, 0) is 9.59 Å². The fourth-order valence-electron chi connectivity index (χ4n) is 7.13. The minimum absolute atomic E-state index is 0.126. The van der Waals surface area contributed by atoms with Crippen molar-refractivity contribution in [2.24, 2.45) is 34.5 Å². The van der Waals surface area contributed by atoms with E-state index in [0.29, 0.717) is 35.9 Å². The van der Waals surface area contributed by atoms with Gasteiger partial charge < -0.3 is 4.90 Å². The van der Waals surface area contributed by atoms with Crippen molar-refractivity contribution in [1.29, 1.82) is 0 Å². The first kappa shape index (κ1) is 18.0. The molecule has 0 spiro atoms. The lowest BCUT2D eigenvalue weighted by molar-refractivity contribution is -0.139. The van der Waals surface area contributed by atoms with Crippen LogP contribution in [0, 0.1) is 34.5 Å². The third kappa shape index (κ3) is 2.31. The van der Waals surface area contributed by atoms with E-state index in [1.165, 1.54) is 24.0 Å². The summed E-state index contributed by atoms with van der Waals surface area (Å²) >= 11 is 0. The van der Waals surface area contributed by atoms with Gasteiger partial charge in [-0.15, -0.1) is 0 Å². The van der Waals surface area contributed by atoms with Gasteiger partial charge >= 0.3 is 0 Å². The molecule has 26 heavy (non-hydrogen) atoms. The second-order valence-electron chi connectivity index (χ2n) is 9.99. The maximum absolute atomic E-state index is 12.8. The number of hydrogen-bond acceptors (Lipinski definition) is 2. The van der Waals surface area contributed by atoms with Gasteiger partial charge in [-0.2, -0.15) is 0 Å². The number of fused-ring (bicyclic) bond motifs is 5. The zero-order chi connectivity index (χ0) is 18.9. The lowest BCUT2D eigenvalue weighted by Gasteiger charge is -2.56. The highest BCUT2D eigenvalue weighted by Gasteiger charge is 2.60. The smallest absolute Gasteiger partial charge is 0.225 e. The number of amides is 1. The molecule has 1 amide bonds. The molecule has 0 radical (unpaired) electrons. The molecular weight excluding hydrogens is 322 g/mol. The highest BCUT2D eigenvalue weighted by molar-refractivity contribution is 5.92. The molecule has 0 aliphatic heterocycles. The van der Waals surface area contributed by atoms with Crippen LogP contribution < -0.4 is 0 Å². The van der Waals surface area contributed by atoms with Crippen LogP contribution in [0.2, 0.25) is 0 Å². The van der Waals surface area contributed by atoms with E-state index in [1.54, 1.807) is 4.90 Å². The predicted molar refractivity (Wildman–Crippen MR) is 103 cm³/mol. The Morgan fingerprint density at radius 3 is 2.54 bits per heavy atom. The number of ketones is 1. The lowest BCUT2D eigenvalue weighted by atomic mass is 9.47. The van der Waals surface area contributed by atoms with Gasteiger partial charge in [0.2, 0.25) is 5.91 Å². The lowest BCUT2D eigenvalue weighted by Crippen LogP contribution is -2.51. The van der Waals surface area contributed by atoms with E-state index in [-0.39, 0.29) is 16.7 Å². The molecule has 3 nitrogen and oxygen atoms in total. The minimum atomic E-state index is 0.126. The van der Waals surface area contributed by atoms with Crippen molar-refractivity contribution in [3.05, 3.63) is 23.3 Å². The molecule has 0 aromatic rings. The van der Waals surface area contributed by atoms with Crippen molar-refractivity contribution in [3.63, 3.8) is 0 Å². The summed E-state index contributed by atoms with van der Waals surface area (Å²) < 4.78 is 0. The minimum Gasteiger partial charge on any atom is -0.349 e. The standard InChI is InChI=1S/C23H33NO2/c1-14-12-16-17-6-7-19(21(26)24(4)5)22(17,2)11-9-18(16)23(3)10-8-15(25)13-20(14)23/h12-13,16-19H,6-11H2,1-5H3/t16?,17?,18?,19-,22+,23-/m1/s1. The molecule has 3 unspecified atom stereocenters. The molecule has 4 rings (SSSR count). The zero-order valence-electron chi connectivity index (χ0n) is 17.0. The molecule has 0 aromatic carbocycles. The van der Waals surface area contributed by atoms with Gasteiger partial charge in [0.1, 0.15) is 0 Å². The van der Waals surface area contributed by atoms with E-state index in [4.69, 9.17) is 0 Å². The molecule has 4 aliphatic rings. The largest absolute Gasteiger partial charge is 0.349 e. The van der Waals surface area contributed by atoms with Gasteiger partial charge in [-0.3, -0.25) is 9.59 Å². The summed E-state index contributed by atoms with van der Waals surface area (Å²) in [6.45, 7) is 6.98. The van der Waals surface area contributed by atoms with Crippen molar-refractivity contribution in [2.75, 3.05) is 14.1 Å².